The first-order valence-electron chi connectivity index (χ1n) is 6.79. The van der Waals surface area contributed by atoms with Gasteiger partial charge in [0.1, 0.15) is 6.54 Å². The Bertz CT molecular complexity index is 345. The van der Waals surface area contributed by atoms with Crippen LogP contribution < -0.4 is 10.6 Å². The lowest BCUT2D eigenvalue weighted by molar-refractivity contribution is -0.137. The van der Waals surface area contributed by atoms with Crippen LogP contribution in [0.4, 0.5) is 4.79 Å². The van der Waals surface area contributed by atoms with Crippen LogP contribution in [0.15, 0.2) is 0 Å². The lowest BCUT2D eigenvalue weighted by atomic mass is 10.1. The fourth-order valence-corrected chi connectivity index (χ4v) is 1.72. The third-order valence-electron chi connectivity index (χ3n) is 2.56. The number of carbonyl (C=O) groups is 3. The molecular formula is C13H25N3O4. The molecule has 0 aromatic carbocycles. The summed E-state index contributed by atoms with van der Waals surface area (Å²) in [6.07, 6.45) is 1.24. The maximum atomic E-state index is 11.9. The SMILES string of the molecule is CCCC(CC(=O)O)NC(=O)N(C)CC(=O)NC(C)C. The maximum absolute atomic E-state index is 11.9. The molecule has 0 aliphatic rings. The number of hydrogen-bond acceptors (Lipinski definition) is 3. The third kappa shape index (κ3) is 8.34. The second-order valence-electron chi connectivity index (χ2n) is 5.11. The number of carboxylic acids is 1. The first kappa shape index (κ1) is 18.2. The Labute approximate surface area is 119 Å². The Hall–Kier alpha value is -1.79. The first-order valence-corrected chi connectivity index (χ1v) is 6.79. The minimum atomic E-state index is -0.955. The van der Waals surface area contributed by atoms with Crippen molar-refractivity contribution in [1.82, 2.24) is 15.5 Å². The van der Waals surface area contributed by atoms with Crippen molar-refractivity contribution in [1.29, 1.82) is 0 Å². The zero-order valence-electron chi connectivity index (χ0n) is 12.6. The molecular weight excluding hydrogens is 262 g/mol. The summed E-state index contributed by atoms with van der Waals surface area (Å²) in [4.78, 5) is 35.3. The number of carbonyl (C=O) groups excluding carboxylic acids is 2. The normalized spacial score (nSPS) is 11.8. The maximum Gasteiger partial charge on any atom is 0.317 e. The number of nitrogens with zero attached hydrogens (tertiary/aromatic N) is 1. The Morgan fingerprint density at radius 1 is 1.20 bits per heavy atom. The van der Waals surface area contributed by atoms with Gasteiger partial charge in [0.2, 0.25) is 5.91 Å². The fraction of sp³-hybridized carbons (Fsp3) is 0.769. The van der Waals surface area contributed by atoms with Gasteiger partial charge in [0.05, 0.1) is 6.42 Å². The third-order valence-corrected chi connectivity index (χ3v) is 2.56. The second-order valence-corrected chi connectivity index (χ2v) is 5.11. The molecule has 0 heterocycles. The van der Waals surface area contributed by atoms with Crippen molar-refractivity contribution in [2.24, 2.45) is 0 Å². The Morgan fingerprint density at radius 3 is 2.25 bits per heavy atom. The number of aliphatic carboxylic acids is 1. The van der Waals surface area contributed by atoms with Crippen LogP contribution in [0.3, 0.4) is 0 Å². The molecule has 1 unspecified atom stereocenters. The van der Waals surface area contributed by atoms with Crippen molar-refractivity contribution in [3.05, 3.63) is 0 Å². The topological polar surface area (TPSA) is 98.7 Å². The molecule has 0 saturated carbocycles. The van der Waals surface area contributed by atoms with Crippen molar-refractivity contribution in [3.63, 3.8) is 0 Å². The lowest BCUT2D eigenvalue weighted by Gasteiger charge is -2.22. The van der Waals surface area contributed by atoms with Gasteiger partial charge < -0.3 is 20.6 Å². The highest BCUT2D eigenvalue weighted by Crippen LogP contribution is 2.02. The fourth-order valence-electron chi connectivity index (χ4n) is 1.72. The molecule has 0 aliphatic heterocycles. The van der Waals surface area contributed by atoms with Crippen LogP contribution in [-0.2, 0) is 9.59 Å². The summed E-state index contributed by atoms with van der Waals surface area (Å²) in [6, 6.07) is -0.844. The molecule has 0 aliphatic carbocycles. The molecule has 20 heavy (non-hydrogen) atoms. The van der Waals surface area contributed by atoms with Crippen molar-refractivity contribution in [3.8, 4) is 0 Å². The van der Waals surface area contributed by atoms with E-state index in [2.05, 4.69) is 10.6 Å². The van der Waals surface area contributed by atoms with E-state index in [0.717, 1.165) is 6.42 Å². The Kier molecular flexibility index (Phi) is 8.35. The van der Waals surface area contributed by atoms with Gasteiger partial charge in [-0.3, -0.25) is 9.59 Å². The predicted octanol–water partition coefficient (Wildman–Crippen LogP) is 0.796. The smallest absolute Gasteiger partial charge is 0.317 e. The molecule has 3 amide bonds. The lowest BCUT2D eigenvalue weighted by Crippen LogP contribution is -2.47. The number of likely N-dealkylation sites (N-methyl/N-ethyl adjacent to an activating group) is 1. The van der Waals surface area contributed by atoms with Crippen LogP contribution in [0.2, 0.25) is 0 Å². The van der Waals surface area contributed by atoms with E-state index in [0.29, 0.717) is 6.42 Å². The molecule has 0 spiro atoms. The largest absolute Gasteiger partial charge is 0.481 e. The van der Waals surface area contributed by atoms with Crippen molar-refractivity contribution in [2.75, 3.05) is 13.6 Å². The molecule has 0 saturated heterocycles. The Balaban J connectivity index is 4.33. The summed E-state index contributed by atoms with van der Waals surface area (Å²) >= 11 is 0. The summed E-state index contributed by atoms with van der Waals surface area (Å²) in [5.41, 5.74) is 0. The summed E-state index contributed by atoms with van der Waals surface area (Å²) in [5, 5.41) is 14.1. The number of nitrogens with one attached hydrogen (secondary N) is 2. The minimum absolute atomic E-state index is 0.0128. The van der Waals surface area contributed by atoms with Crippen molar-refractivity contribution >= 4 is 17.9 Å². The van der Waals surface area contributed by atoms with Gasteiger partial charge in [-0.15, -0.1) is 0 Å². The zero-order valence-corrected chi connectivity index (χ0v) is 12.6. The molecule has 116 valence electrons. The monoisotopic (exact) mass is 287 g/mol. The average molecular weight is 287 g/mol. The molecule has 0 aromatic rings. The average Bonchev–Trinajstić information content (AvgIpc) is 2.26. The van der Waals surface area contributed by atoms with E-state index in [-0.39, 0.29) is 24.9 Å². The molecule has 0 bridgehead atoms. The van der Waals surface area contributed by atoms with Gasteiger partial charge in [-0.1, -0.05) is 13.3 Å². The molecule has 7 nitrogen and oxygen atoms in total. The Morgan fingerprint density at radius 2 is 1.80 bits per heavy atom. The number of amides is 3. The zero-order chi connectivity index (χ0) is 15.7. The van der Waals surface area contributed by atoms with Gasteiger partial charge in [0.15, 0.2) is 0 Å². The van der Waals surface area contributed by atoms with Crippen LogP contribution in [-0.4, -0.2) is 53.6 Å². The predicted molar refractivity (Wildman–Crippen MR) is 75.4 cm³/mol. The van der Waals surface area contributed by atoms with Gasteiger partial charge in [-0.05, 0) is 20.3 Å². The quantitative estimate of drug-likeness (QED) is 0.615. The second kappa shape index (κ2) is 9.17. The summed E-state index contributed by atoms with van der Waals surface area (Å²) in [7, 11) is 1.50. The van der Waals surface area contributed by atoms with Crippen LogP contribution in [0.25, 0.3) is 0 Å². The summed E-state index contributed by atoms with van der Waals surface area (Å²) in [5.74, 6) is -1.20. The van der Waals surface area contributed by atoms with Gasteiger partial charge in [-0.2, -0.15) is 0 Å². The van der Waals surface area contributed by atoms with E-state index in [4.69, 9.17) is 5.11 Å². The van der Waals surface area contributed by atoms with Crippen LogP contribution in [0, 0.1) is 0 Å². The van der Waals surface area contributed by atoms with Crippen molar-refractivity contribution in [2.45, 2.75) is 52.1 Å². The van der Waals surface area contributed by atoms with Gasteiger partial charge in [-0.25, -0.2) is 4.79 Å². The van der Waals surface area contributed by atoms with E-state index >= 15 is 0 Å². The van der Waals surface area contributed by atoms with Crippen LogP contribution in [0.5, 0.6) is 0 Å². The minimum Gasteiger partial charge on any atom is -0.481 e. The van der Waals surface area contributed by atoms with E-state index in [1.165, 1.54) is 11.9 Å². The molecule has 0 aromatic heterocycles. The van der Waals surface area contributed by atoms with Crippen LogP contribution in [0.1, 0.15) is 40.0 Å². The van der Waals surface area contributed by atoms with Crippen LogP contribution >= 0.6 is 0 Å². The molecule has 0 fully saturated rings. The van der Waals surface area contributed by atoms with E-state index in [1.807, 2.05) is 20.8 Å². The van der Waals surface area contributed by atoms with E-state index in [1.54, 1.807) is 0 Å². The highest BCUT2D eigenvalue weighted by atomic mass is 16.4. The summed E-state index contributed by atoms with van der Waals surface area (Å²) < 4.78 is 0. The van der Waals surface area contributed by atoms with Crippen molar-refractivity contribution < 1.29 is 19.5 Å². The first-order chi connectivity index (χ1) is 9.26. The highest BCUT2D eigenvalue weighted by molar-refractivity contribution is 5.84. The summed E-state index contributed by atoms with van der Waals surface area (Å²) in [6.45, 7) is 5.53. The van der Waals surface area contributed by atoms with Gasteiger partial charge in [0, 0.05) is 19.1 Å². The number of urea groups is 1. The molecule has 1 atom stereocenters. The number of hydrogen-bond donors (Lipinski definition) is 3. The highest BCUT2D eigenvalue weighted by Gasteiger charge is 2.19. The van der Waals surface area contributed by atoms with Gasteiger partial charge in [0.25, 0.3) is 0 Å². The van der Waals surface area contributed by atoms with E-state index < -0.39 is 18.0 Å². The molecule has 0 radical (unpaired) electrons. The van der Waals surface area contributed by atoms with Gasteiger partial charge >= 0.3 is 12.0 Å². The molecule has 7 heteroatoms. The standard InChI is InChI=1S/C13H25N3O4/c1-5-6-10(7-12(18)19)15-13(20)16(4)8-11(17)14-9(2)3/h9-10H,5-8H2,1-4H3,(H,14,17)(H,15,20)(H,18,19). The van der Waals surface area contributed by atoms with E-state index in [9.17, 15) is 14.4 Å². The number of carboxylic acid groups (broad SMARTS) is 1. The molecule has 3 N–H and O–H groups in total. The molecule has 0 rings (SSSR count). The number of rotatable bonds is 8.